The van der Waals surface area contributed by atoms with Crippen LogP contribution in [0.25, 0.3) is 11.1 Å². The number of alkyl halides is 1. The van der Waals surface area contributed by atoms with Crippen LogP contribution >= 0.6 is 11.6 Å². The van der Waals surface area contributed by atoms with Crippen molar-refractivity contribution in [3.8, 4) is 16.9 Å². The largest absolute Gasteiger partial charge is 0.494 e. The first kappa shape index (κ1) is 16.8. The van der Waals surface area contributed by atoms with Gasteiger partial charge in [0.2, 0.25) is 5.95 Å². The average Bonchev–Trinajstić information content (AvgIpc) is 2.63. The van der Waals surface area contributed by atoms with Gasteiger partial charge in [0.1, 0.15) is 11.6 Å². The lowest BCUT2D eigenvalue weighted by molar-refractivity contribution is 0.318. The van der Waals surface area contributed by atoms with Crippen LogP contribution in [0.15, 0.2) is 30.5 Å². The van der Waals surface area contributed by atoms with Gasteiger partial charge < -0.3 is 15.4 Å². The van der Waals surface area contributed by atoms with Crippen LogP contribution in [0.2, 0.25) is 0 Å². The predicted molar refractivity (Wildman–Crippen MR) is 98.8 cm³/mol. The van der Waals surface area contributed by atoms with Crippen molar-refractivity contribution in [1.82, 2.24) is 9.97 Å². The molecule has 0 amide bonds. The Bertz CT molecular complexity index is 657. The second kappa shape index (κ2) is 8.20. The van der Waals surface area contributed by atoms with Crippen LogP contribution in [0, 0.1) is 0 Å². The van der Waals surface area contributed by atoms with Gasteiger partial charge in [0.05, 0.1) is 6.61 Å². The Morgan fingerprint density at radius 3 is 2.58 bits per heavy atom. The van der Waals surface area contributed by atoms with E-state index in [9.17, 15) is 0 Å². The third-order valence-corrected chi connectivity index (χ3v) is 4.42. The van der Waals surface area contributed by atoms with Crippen LogP contribution in [0.3, 0.4) is 0 Å². The zero-order chi connectivity index (χ0) is 16.8. The highest BCUT2D eigenvalue weighted by Crippen LogP contribution is 2.31. The standard InChI is InChI=1S/C18H23ClN4O/c19-9-4-12-24-15-7-5-14(6-8-15)16-13-21-18(20)22-17(16)23-10-2-1-3-11-23/h5-8,13H,1-4,9-12H2,(H2,20,21,22). The molecule has 1 fully saturated rings. The minimum Gasteiger partial charge on any atom is -0.494 e. The van der Waals surface area contributed by atoms with Crippen LogP contribution in [-0.4, -0.2) is 35.5 Å². The molecule has 1 aromatic carbocycles. The first-order chi connectivity index (χ1) is 11.8. The molecule has 0 atom stereocenters. The van der Waals surface area contributed by atoms with Crippen LogP contribution in [-0.2, 0) is 0 Å². The summed E-state index contributed by atoms with van der Waals surface area (Å²) in [6, 6.07) is 8.02. The quantitative estimate of drug-likeness (QED) is 0.638. The van der Waals surface area contributed by atoms with Crippen LogP contribution in [0.5, 0.6) is 5.75 Å². The van der Waals surface area contributed by atoms with Gasteiger partial charge in [-0.05, 0) is 43.4 Å². The summed E-state index contributed by atoms with van der Waals surface area (Å²) in [4.78, 5) is 11.0. The molecule has 0 bridgehead atoms. The summed E-state index contributed by atoms with van der Waals surface area (Å²) < 4.78 is 5.66. The Hall–Kier alpha value is -2.01. The molecule has 0 unspecified atom stereocenters. The third-order valence-electron chi connectivity index (χ3n) is 4.15. The maximum atomic E-state index is 5.82. The second-order valence-electron chi connectivity index (χ2n) is 5.93. The molecule has 1 saturated heterocycles. The number of nitrogens with two attached hydrogens (primary N) is 1. The Morgan fingerprint density at radius 1 is 1.12 bits per heavy atom. The number of rotatable bonds is 6. The zero-order valence-corrected chi connectivity index (χ0v) is 14.5. The van der Waals surface area contributed by atoms with Crippen LogP contribution < -0.4 is 15.4 Å². The van der Waals surface area contributed by atoms with Gasteiger partial charge in [-0.15, -0.1) is 11.6 Å². The molecular formula is C18H23ClN4O. The second-order valence-corrected chi connectivity index (χ2v) is 6.31. The molecule has 0 spiro atoms. The summed E-state index contributed by atoms with van der Waals surface area (Å²) in [5.41, 5.74) is 7.91. The third kappa shape index (κ3) is 4.09. The molecular weight excluding hydrogens is 324 g/mol. The summed E-state index contributed by atoms with van der Waals surface area (Å²) in [6.45, 7) is 2.67. The van der Waals surface area contributed by atoms with Crippen molar-refractivity contribution in [1.29, 1.82) is 0 Å². The molecule has 1 aliphatic heterocycles. The van der Waals surface area contributed by atoms with Gasteiger partial charge in [0, 0.05) is 30.7 Å². The Balaban J connectivity index is 1.83. The predicted octanol–water partition coefficient (Wildman–Crippen LogP) is 3.72. The lowest BCUT2D eigenvalue weighted by Gasteiger charge is -2.29. The van der Waals surface area contributed by atoms with Crippen molar-refractivity contribution in [2.75, 3.05) is 36.2 Å². The van der Waals surface area contributed by atoms with Crippen LogP contribution in [0.4, 0.5) is 11.8 Å². The van der Waals surface area contributed by atoms with Crippen LogP contribution in [0.1, 0.15) is 25.7 Å². The number of nitrogen functional groups attached to an aromatic ring is 1. The van der Waals surface area contributed by atoms with Gasteiger partial charge in [-0.1, -0.05) is 12.1 Å². The van der Waals surface area contributed by atoms with E-state index >= 15 is 0 Å². The molecule has 24 heavy (non-hydrogen) atoms. The van der Waals surface area contributed by atoms with Gasteiger partial charge >= 0.3 is 0 Å². The summed E-state index contributed by atoms with van der Waals surface area (Å²) in [7, 11) is 0. The highest BCUT2D eigenvalue weighted by Gasteiger charge is 2.18. The van der Waals surface area contributed by atoms with E-state index in [-0.39, 0.29) is 0 Å². The molecule has 5 nitrogen and oxygen atoms in total. The van der Waals surface area contributed by atoms with Crippen molar-refractivity contribution in [3.63, 3.8) is 0 Å². The van der Waals surface area contributed by atoms with E-state index < -0.39 is 0 Å². The molecule has 2 aromatic rings. The topological polar surface area (TPSA) is 64.3 Å². The molecule has 0 saturated carbocycles. The minimum absolute atomic E-state index is 0.320. The van der Waals surface area contributed by atoms with E-state index in [1.807, 2.05) is 30.5 Å². The number of hydrogen-bond acceptors (Lipinski definition) is 5. The molecule has 6 heteroatoms. The first-order valence-corrected chi connectivity index (χ1v) is 8.98. The van der Waals surface area contributed by atoms with E-state index in [1.165, 1.54) is 19.3 Å². The van der Waals surface area contributed by atoms with E-state index in [0.717, 1.165) is 42.2 Å². The van der Waals surface area contributed by atoms with Gasteiger partial charge in [-0.2, -0.15) is 4.98 Å². The fourth-order valence-corrected chi connectivity index (χ4v) is 3.02. The highest BCUT2D eigenvalue weighted by molar-refractivity contribution is 6.17. The first-order valence-electron chi connectivity index (χ1n) is 8.44. The van der Waals surface area contributed by atoms with E-state index in [4.69, 9.17) is 22.1 Å². The zero-order valence-electron chi connectivity index (χ0n) is 13.7. The number of nitrogens with zero attached hydrogens (tertiary/aromatic N) is 3. The fraction of sp³-hybridized carbons (Fsp3) is 0.444. The number of piperidine rings is 1. The van der Waals surface area contributed by atoms with Crippen molar-refractivity contribution in [2.24, 2.45) is 0 Å². The smallest absolute Gasteiger partial charge is 0.221 e. The van der Waals surface area contributed by atoms with E-state index in [1.54, 1.807) is 0 Å². The molecule has 0 radical (unpaired) electrons. The number of anilines is 2. The summed E-state index contributed by atoms with van der Waals surface area (Å²) in [5.74, 6) is 2.71. The van der Waals surface area contributed by atoms with Crippen molar-refractivity contribution >= 4 is 23.4 Å². The molecule has 3 rings (SSSR count). The molecule has 128 valence electrons. The maximum absolute atomic E-state index is 5.82. The monoisotopic (exact) mass is 346 g/mol. The molecule has 1 aromatic heterocycles. The molecule has 2 heterocycles. The average molecular weight is 347 g/mol. The summed E-state index contributed by atoms with van der Waals surface area (Å²) in [5, 5.41) is 0. The number of benzene rings is 1. The van der Waals surface area contributed by atoms with Gasteiger partial charge in [-0.25, -0.2) is 4.98 Å². The Labute approximate surface area is 147 Å². The molecule has 1 aliphatic rings. The van der Waals surface area contributed by atoms with E-state index in [2.05, 4.69) is 14.9 Å². The van der Waals surface area contributed by atoms with Crippen molar-refractivity contribution in [2.45, 2.75) is 25.7 Å². The highest BCUT2D eigenvalue weighted by atomic mass is 35.5. The SMILES string of the molecule is Nc1ncc(-c2ccc(OCCCCl)cc2)c(N2CCCCC2)n1. The molecule has 0 aliphatic carbocycles. The van der Waals surface area contributed by atoms with E-state index in [0.29, 0.717) is 18.4 Å². The number of ether oxygens (including phenoxy) is 1. The normalized spacial score (nSPS) is 14.6. The lowest BCUT2D eigenvalue weighted by Crippen LogP contribution is -2.31. The van der Waals surface area contributed by atoms with Crippen molar-refractivity contribution in [3.05, 3.63) is 30.5 Å². The summed E-state index contributed by atoms with van der Waals surface area (Å²) in [6.07, 6.45) is 6.32. The Kier molecular flexibility index (Phi) is 5.75. The van der Waals surface area contributed by atoms with Crippen molar-refractivity contribution < 1.29 is 4.74 Å². The van der Waals surface area contributed by atoms with Gasteiger partial charge in [0.25, 0.3) is 0 Å². The number of hydrogen-bond donors (Lipinski definition) is 1. The van der Waals surface area contributed by atoms with Gasteiger partial charge in [-0.3, -0.25) is 0 Å². The molecule has 2 N–H and O–H groups in total. The van der Waals surface area contributed by atoms with Gasteiger partial charge in [0.15, 0.2) is 0 Å². The lowest BCUT2D eigenvalue weighted by atomic mass is 10.1. The number of halogens is 1. The summed E-state index contributed by atoms with van der Waals surface area (Å²) >= 11 is 5.67. The maximum Gasteiger partial charge on any atom is 0.221 e. The minimum atomic E-state index is 0.320. The number of aromatic nitrogens is 2. The fourth-order valence-electron chi connectivity index (χ4n) is 2.91. The Morgan fingerprint density at radius 2 is 1.88 bits per heavy atom.